The lowest BCUT2D eigenvalue weighted by Crippen LogP contribution is -2.52. The molecular formula is C14H16N4O. The Morgan fingerprint density at radius 3 is 2.79 bits per heavy atom. The number of hydrazone groups is 1. The van der Waals surface area contributed by atoms with Crippen LogP contribution < -0.4 is 10.3 Å². The van der Waals surface area contributed by atoms with Gasteiger partial charge in [0.15, 0.2) is 0 Å². The molecule has 0 saturated carbocycles. The third kappa shape index (κ3) is 1.97. The molecule has 0 aliphatic carbocycles. The van der Waals surface area contributed by atoms with Crippen molar-refractivity contribution in [3.8, 4) is 0 Å². The van der Waals surface area contributed by atoms with E-state index in [9.17, 15) is 4.79 Å². The number of hydrogen-bond acceptors (Lipinski definition) is 4. The van der Waals surface area contributed by atoms with Crippen molar-refractivity contribution in [2.75, 3.05) is 4.90 Å². The maximum Gasteiger partial charge on any atom is 0.276 e. The van der Waals surface area contributed by atoms with E-state index in [1.807, 2.05) is 41.4 Å². The summed E-state index contributed by atoms with van der Waals surface area (Å²) in [7, 11) is 0. The predicted molar refractivity (Wildman–Crippen MR) is 74.2 cm³/mol. The third-order valence-corrected chi connectivity index (χ3v) is 3.25. The molecule has 1 aromatic carbocycles. The number of nitrogens with zero attached hydrogens (tertiary/aromatic N) is 3. The van der Waals surface area contributed by atoms with Gasteiger partial charge in [-0.1, -0.05) is 25.1 Å². The van der Waals surface area contributed by atoms with E-state index in [0.717, 1.165) is 24.4 Å². The molecule has 0 bridgehead atoms. The van der Waals surface area contributed by atoms with Gasteiger partial charge >= 0.3 is 0 Å². The minimum atomic E-state index is -0.410. The summed E-state index contributed by atoms with van der Waals surface area (Å²) in [5.41, 5.74) is 3.78. The first-order valence-corrected chi connectivity index (χ1v) is 6.48. The summed E-state index contributed by atoms with van der Waals surface area (Å²) in [6.07, 6.45) is 5.17. The molecule has 2 aliphatic heterocycles. The number of carbonyl (C=O) groups is 1. The van der Waals surface area contributed by atoms with Crippen molar-refractivity contribution in [3.63, 3.8) is 0 Å². The Labute approximate surface area is 112 Å². The van der Waals surface area contributed by atoms with Crippen LogP contribution in [0.3, 0.4) is 0 Å². The van der Waals surface area contributed by atoms with Crippen LogP contribution >= 0.6 is 0 Å². The number of benzene rings is 1. The lowest BCUT2D eigenvalue weighted by atomic mass is 10.2. The number of amidine groups is 1. The zero-order valence-electron chi connectivity index (χ0n) is 10.8. The van der Waals surface area contributed by atoms with Crippen molar-refractivity contribution in [1.29, 1.82) is 0 Å². The van der Waals surface area contributed by atoms with E-state index < -0.39 is 6.17 Å². The van der Waals surface area contributed by atoms with Gasteiger partial charge in [-0.05, 0) is 18.6 Å². The van der Waals surface area contributed by atoms with Crippen molar-refractivity contribution in [2.24, 2.45) is 5.10 Å². The highest BCUT2D eigenvalue weighted by atomic mass is 16.2. The lowest BCUT2D eigenvalue weighted by molar-refractivity contribution is -0.122. The van der Waals surface area contributed by atoms with E-state index in [4.69, 9.17) is 0 Å². The molecule has 1 atom stereocenters. The van der Waals surface area contributed by atoms with Crippen molar-refractivity contribution >= 4 is 17.4 Å². The molecule has 5 nitrogen and oxygen atoms in total. The van der Waals surface area contributed by atoms with Crippen molar-refractivity contribution in [3.05, 3.63) is 42.7 Å². The van der Waals surface area contributed by atoms with E-state index in [1.165, 1.54) is 0 Å². The molecule has 0 radical (unpaired) electrons. The molecule has 19 heavy (non-hydrogen) atoms. The Balaban J connectivity index is 1.85. The van der Waals surface area contributed by atoms with Gasteiger partial charge in [0, 0.05) is 24.5 Å². The first kappa shape index (κ1) is 11.8. The fourth-order valence-electron chi connectivity index (χ4n) is 2.31. The number of anilines is 1. The Morgan fingerprint density at radius 1 is 1.26 bits per heavy atom. The summed E-state index contributed by atoms with van der Waals surface area (Å²) in [6, 6.07) is 9.61. The summed E-state index contributed by atoms with van der Waals surface area (Å²) in [5, 5.41) is 4.24. The number of nitrogens with one attached hydrogen (secondary N) is 1. The maximum atomic E-state index is 12.5. The molecule has 1 aromatic rings. The molecule has 3 rings (SSSR count). The van der Waals surface area contributed by atoms with Crippen LogP contribution in [0, 0.1) is 0 Å². The lowest BCUT2D eigenvalue weighted by Gasteiger charge is -2.32. The Bertz CT molecular complexity index is 538. The van der Waals surface area contributed by atoms with Crippen LogP contribution in [0.25, 0.3) is 0 Å². The normalized spacial score (nSPS) is 21.2. The second kappa shape index (κ2) is 4.76. The molecular weight excluding hydrogens is 240 g/mol. The Hall–Kier alpha value is -2.30. The minimum Gasteiger partial charge on any atom is -0.303 e. The van der Waals surface area contributed by atoms with E-state index in [0.29, 0.717) is 0 Å². The molecule has 0 fully saturated rings. The summed E-state index contributed by atoms with van der Waals surface area (Å²) in [4.78, 5) is 16.0. The highest BCUT2D eigenvalue weighted by molar-refractivity contribution is 6.03. The van der Waals surface area contributed by atoms with Gasteiger partial charge in [-0.2, -0.15) is 5.10 Å². The fraction of sp³-hybridized carbons (Fsp3) is 0.286. The largest absolute Gasteiger partial charge is 0.303 e. The highest BCUT2D eigenvalue weighted by Crippen LogP contribution is 2.23. The zero-order chi connectivity index (χ0) is 13.2. The van der Waals surface area contributed by atoms with Crippen molar-refractivity contribution < 1.29 is 4.79 Å². The van der Waals surface area contributed by atoms with Gasteiger partial charge < -0.3 is 4.90 Å². The molecule has 1 amide bonds. The summed E-state index contributed by atoms with van der Waals surface area (Å²) >= 11 is 0. The first-order chi connectivity index (χ1) is 9.31. The number of fused-ring (bicyclic) bond motifs is 1. The Kier molecular flexibility index (Phi) is 2.95. The van der Waals surface area contributed by atoms with Gasteiger partial charge in [-0.15, -0.1) is 0 Å². The number of hydrogen-bond donors (Lipinski definition) is 1. The topological polar surface area (TPSA) is 47.9 Å². The summed E-state index contributed by atoms with van der Waals surface area (Å²) in [5.74, 6) is 0.911. The van der Waals surface area contributed by atoms with Crippen LogP contribution in [0.5, 0.6) is 0 Å². The number of carbonyl (C=O) groups excluding carboxylic acids is 1. The molecule has 0 spiro atoms. The molecule has 2 aliphatic rings. The van der Waals surface area contributed by atoms with Gasteiger partial charge in [0.25, 0.3) is 5.91 Å². The zero-order valence-corrected chi connectivity index (χ0v) is 10.8. The number of rotatable bonds is 3. The van der Waals surface area contributed by atoms with Crippen LogP contribution in [-0.4, -0.2) is 22.8 Å². The van der Waals surface area contributed by atoms with Gasteiger partial charge in [0.1, 0.15) is 5.84 Å². The molecule has 1 unspecified atom stereocenters. The fourth-order valence-corrected chi connectivity index (χ4v) is 2.31. The van der Waals surface area contributed by atoms with E-state index in [-0.39, 0.29) is 5.91 Å². The van der Waals surface area contributed by atoms with Crippen LogP contribution in [-0.2, 0) is 4.79 Å². The van der Waals surface area contributed by atoms with Gasteiger partial charge in [-0.25, -0.2) is 0 Å². The number of amides is 1. The average Bonchev–Trinajstić information content (AvgIpc) is 2.85. The summed E-state index contributed by atoms with van der Waals surface area (Å²) in [6.45, 7) is 2.10. The SMILES string of the molecule is CCCC1=NNC2C(=O)N(c3ccccc3)C=CN12. The second-order valence-corrected chi connectivity index (χ2v) is 4.56. The quantitative estimate of drug-likeness (QED) is 0.897. The monoisotopic (exact) mass is 256 g/mol. The van der Waals surface area contributed by atoms with Gasteiger partial charge in [-0.3, -0.25) is 15.1 Å². The summed E-state index contributed by atoms with van der Waals surface area (Å²) < 4.78 is 0. The predicted octanol–water partition coefficient (Wildman–Crippen LogP) is 1.85. The molecule has 0 saturated heterocycles. The maximum absolute atomic E-state index is 12.5. The van der Waals surface area contributed by atoms with E-state index in [2.05, 4.69) is 17.5 Å². The highest BCUT2D eigenvalue weighted by Gasteiger charge is 2.37. The molecule has 5 heteroatoms. The van der Waals surface area contributed by atoms with Gasteiger partial charge in [0.05, 0.1) is 0 Å². The van der Waals surface area contributed by atoms with Crippen LogP contribution in [0.4, 0.5) is 5.69 Å². The van der Waals surface area contributed by atoms with E-state index in [1.54, 1.807) is 11.1 Å². The number of para-hydroxylation sites is 1. The molecule has 1 N–H and O–H groups in total. The molecule has 2 heterocycles. The van der Waals surface area contributed by atoms with Crippen LogP contribution in [0.1, 0.15) is 19.8 Å². The smallest absolute Gasteiger partial charge is 0.276 e. The second-order valence-electron chi connectivity index (χ2n) is 4.56. The van der Waals surface area contributed by atoms with Crippen molar-refractivity contribution in [2.45, 2.75) is 25.9 Å². The van der Waals surface area contributed by atoms with Gasteiger partial charge in [0.2, 0.25) is 6.17 Å². The van der Waals surface area contributed by atoms with Crippen LogP contribution in [0.2, 0.25) is 0 Å². The molecule has 98 valence electrons. The minimum absolute atomic E-state index is 0.0106. The standard InChI is InChI=1S/C14H16N4O/c1-2-6-12-15-16-13-14(19)17(9-10-18(12)13)11-7-4-3-5-8-11/h3-5,7-10,13,16H,2,6H2,1H3. The van der Waals surface area contributed by atoms with Crippen molar-refractivity contribution in [1.82, 2.24) is 10.3 Å². The molecule has 0 aromatic heterocycles. The Morgan fingerprint density at radius 2 is 2.05 bits per heavy atom. The van der Waals surface area contributed by atoms with Crippen LogP contribution in [0.15, 0.2) is 47.8 Å². The average molecular weight is 256 g/mol. The third-order valence-electron chi connectivity index (χ3n) is 3.25. The van der Waals surface area contributed by atoms with E-state index >= 15 is 0 Å². The first-order valence-electron chi connectivity index (χ1n) is 6.48.